The number of sulfonamides is 1. The molecule has 1 aromatic heterocycles. The predicted molar refractivity (Wildman–Crippen MR) is 109 cm³/mol. The highest BCUT2D eigenvalue weighted by Crippen LogP contribution is 2.29. The van der Waals surface area contributed by atoms with E-state index in [1.807, 2.05) is 11.8 Å². The van der Waals surface area contributed by atoms with Crippen LogP contribution >= 0.6 is 11.3 Å². The molecule has 2 fully saturated rings. The van der Waals surface area contributed by atoms with E-state index in [1.165, 1.54) is 34.7 Å². The Kier molecular flexibility index (Phi) is 6.75. The summed E-state index contributed by atoms with van der Waals surface area (Å²) in [6, 6.07) is 0.213. The number of hydrogen-bond donors (Lipinski definition) is 1. The molecule has 3 rings (SSSR count). The van der Waals surface area contributed by atoms with E-state index in [4.69, 9.17) is 0 Å². The number of aryl methyl sites for hydroxylation is 1. The molecule has 0 unspecified atom stereocenters. The molecule has 9 heteroatoms. The molecule has 0 aromatic carbocycles. The Labute approximate surface area is 166 Å². The van der Waals surface area contributed by atoms with Crippen molar-refractivity contribution in [3.05, 3.63) is 11.1 Å². The van der Waals surface area contributed by atoms with Crippen molar-refractivity contribution in [2.24, 2.45) is 0 Å². The monoisotopic (exact) mass is 414 g/mol. The average Bonchev–Trinajstić information content (AvgIpc) is 2.85. The van der Waals surface area contributed by atoms with Gasteiger partial charge < -0.3 is 4.90 Å². The lowest BCUT2D eigenvalue weighted by atomic mass is 9.99. The maximum absolute atomic E-state index is 13.2. The number of thiazole rings is 1. The van der Waals surface area contributed by atoms with Gasteiger partial charge in [0.25, 0.3) is 0 Å². The lowest BCUT2D eigenvalue weighted by Crippen LogP contribution is -2.53. The molecule has 0 atom stereocenters. The van der Waals surface area contributed by atoms with E-state index < -0.39 is 10.0 Å². The van der Waals surface area contributed by atoms with Crippen LogP contribution in [0.4, 0.5) is 9.93 Å². The Bertz CT molecular complexity index is 734. The van der Waals surface area contributed by atoms with Crippen molar-refractivity contribution in [3.8, 4) is 0 Å². The fraction of sp³-hybridized carbons (Fsp3) is 0.778. The van der Waals surface area contributed by atoms with Crippen LogP contribution in [-0.2, 0) is 10.0 Å². The molecule has 1 N–H and O–H groups in total. The Morgan fingerprint density at radius 1 is 1.15 bits per heavy atom. The molecule has 1 saturated heterocycles. The molecule has 2 heterocycles. The van der Waals surface area contributed by atoms with Crippen molar-refractivity contribution < 1.29 is 13.2 Å². The molecule has 27 heavy (non-hydrogen) atoms. The standard InChI is InChI=1S/C18H30N4O3S2/c1-14-13-19-17(26-14)20-18(23)22(15-7-5-3-4-6-8-15)16-9-11-21(12-10-16)27(2,24)25/h13,15-16H,3-12H2,1-2H3,(H,19,20,23). The van der Waals surface area contributed by atoms with Crippen molar-refractivity contribution in [3.63, 3.8) is 0 Å². The minimum atomic E-state index is -3.17. The molecular weight excluding hydrogens is 384 g/mol. The quantitative estimate of drug-likeness (QED) is 0.765. The maximum atomic E-state index is 13.2. The summed E-state index contributed by atoms with van der Waals surface area (Å²) >= 11 is 1.48. The zero-order valence-electron chi connectivity index (χ0n) is 16.2. The number of rotatable bonds is 4. The zero-order chi connectivity index (χ0) is 19.4. The molecule has 0 spiro atoms. The third-order valence-electron chi connectivity index (χ3n) is 5.57. The number of hydrogen-bond acceptors (Lipinski definition) is 5. The van der Waals surface area contributed by atoms with E-state index in [-0.39, 0.29) is 18.1 Å². The fourth-order valence-electron chi connectivity index (χ4n) is 4.19. The van der Waals surface area contributed by atoms with Crippen LogP contribution in [0, 0.1) is 6.92 Å². The van der Waals surface area contributed by atoms with Gasteiger partial charge in [0.15, 0.2) is 5.13 Å². The lowest BCUT2D eigenvalue weighted by Gasteiger charge is -2.41. The van der Waals surface area contributed by atoms with Crippen molar-refractivity contribution in [1.29, 1.82) is 0 Å². The number of amides is 2. The fourth-order valence-corrected chi connectivity index (χ4v) is 5.71. The Morgan fingerprint density at radius 2 is 1.74 bits per heavy atom. The first-order chi connectivity index (χ1) is 12.8. The second kappa shape index (κ2) is 8.87. The van der Waals surface area contributed by atoms with Gasteiger partial charge in [-0.3, -0.25) is 5.32 Å². The summed E-state index contributed by atoms with van der Waals surface area (Å²) in [5.74, 6) is 0. The van der Waals surface area contributed by atoms with E-state index in [0.717, 1.165) is 30.6 Å². The van der Waals surface area contributed by atoms with Crippen LogP contribution in [0.3, 0.4) is 0 Å². The molecular formula is C18H30N4O3S2. The molecule has 0 bridgehead atoms. The van der Waals surface area contributed by atoms with Crippen LogP contribution in [0.1, 0.15) is 56.2 Å². The molecule has 7 nitrogen and oxygen atoms in total. The summed E-state index contributed by atoms with van der Waals surface area (Å²) in [4.78, 5) is 20.5. The summed E-state index contributed by atoms with van der Waals surface area (Å²) < 4.78 is 25.2. The average molecular weight is 415 g/mol. The molecule has 1 aliphatic heterocycles. The van der Waals surface area contributed by atoms with E-state index >= 15 is 0 Å². The number of nitrogens with one attached hydrogen (secondary N) is 1. The molecule has 2 aliphatic rings. The minimum Gasteiger partial charge on any atom is -0.318 e. The SMILES string of the molecule is Cc1cnc(NC(=O)N(C2CCCCCC2)C2CCN(S(C)(=O)=O)CC2)s1. The highest BCUT2D eigenvalue weighted by molar-refractivity contribution is 7.88. The van der Waals surface area contributed by atoms with Crippen molar-refractivity contribution in [2.75, 3.05) is 24.7 Å². The predicted octanol–water partition coefficient (Wildman–Crippen LogP) is 3.43. The molecule has 0 radical (unpaired) electrons. The number of aromatic nitrogens is 1. The van der Waals surface area contributed by atoms with Gasteiger partial charge >= 0.3 is 6.03 Å². The van der Waals surface area contributed by atoms with Crippen LogP contribution in [0.2, 0.25) is 0 Å². The first kappa shape index (κ1) is 20.5. The zero-order valence-corrected chi connectivity index (χ0v) is 17.8. The summed E-state index contributed by atoms with van der Waals surface area (Å²) in [6.07, 6.45) is 11.2. The van der Waals surface area contributed by atoms with E-state index in [9.17, 15) is 13.2 Å². The first-order valence-electron chi connectivity index (χ1n) is 9.81. The van der Waals surface area contributed by atoms with E-state index in [0.29, 0.717) is 31.1 Å². The number of nitrogens with zero attached hydrogens (tertiary/aromatic N) is 3. The van der Waals surface area contributed by atoms with Crippen molar-refractivity contribution in [1.82, 2.24) is 14.2 Å². The highest BCUT2D eigenvalue weighted by atomic mass is 32.2. The molecule has 1 aromatic rings. The van der Waals surface area contributed by atoms with Gasteiger partial charge in [0, 0.05) is 36.2 Å². The second-order valence-corrected chi connectivity index (χ2v) is 10.9. The molecule has 1 saturated carbocycles. The summed E-state index contributed by atoms with van der Waals surface area (Å²) in [5, 5.41) is 3.61. The van der Waals surface area contributed by atoms with Gasteiger partial charge in [0.2, 0.25) is 10.0 Å². The molecule has 152 valence electrons. The van der Waals surface area contributed by atoms with Crippen LogP contribution in [0.5, 0.6) is 0 Å². The van der Waals surface area contributed by atoms with Gasteiger partial charge in [-0.2, -0.15) is 0 Å². The van der Waals surface area contributed by atoms with Crippen molar-refractivity contribution >= 4 is 32.5 Å². The van der Waals surface area contributed by atoms with Crippen LogP contribution in [0.25, 0.3) is 0 Å². The number of piperidine rings is 1. The Hall–Kier alpha value is -1.19. The third kappa shape index (κ3) is 5.42. The van der Waals surface area contributed by atoms with Gasteiger partial charge in [-0.15, -0.1) is 11.3 Å². The normalized spacial score (nSPS) is 21.0. The Morgan fingerprint density at radius 3 is 2.26 bits per heavy atom. The lowest BCUT2D eigenvalue weighted by molar-refractivity contribution is 0.116. The van der Waals surface area contributed by atoms with Crippen LogP contribution in [-0.4, -0.2) is 60.1 Å². The maximum Gasteiger partial charge on any atom is 0.324 e. The first-order valence-corrected chi connectivity index (χ1v) is 12.5. The number of carbonyl (C=O) groups is 1. The number of carbonyl (C=O) groups excluding carboxylic acids is 1. The second-order valence-electron chi connectivity index (χ2n) is 7.65. The van der Waals surface area contributed by atoms with Gasteiger partial charge in [-0.25, -0.2) is 22.5 Å². The number of urea groups is 1. The molecule has 1 aliphatic carbocycles. The highest BCUT2D eigenvalue weighted by Gasteiger charge is 2.35. The van der Waals surface area contributed by atoms with Crippen molar-refractivity contribution in [2.45, 2.75) is 70.4 Å². The summed E-state index contributed by atoms with van der Waals surface area (Å²) in [7, 11) is -3.17. The third-order valence-corrected chi connectivity index (χ3v) is 7.70. The largest absolute Gasteiger partial charge is 0.324 e. The van der Waals surface area contributed by atoms with Gasteiger partial charge in [-0.1, -0.05) is 25.7 Å². The van der Waals surface area contributed by atoms with Crippen LogP contribution < -0.4 is 5.32 Å². The van der Waals surface area contributed by atoms with E-state index in [1.54, 1.807) is 6.20 Å². The smallest absolute Gasteiger partial charge is 0.318 e. The summed E-state index contributed by atoms with van der Waals surface area (Å²) in [6.45, 7) is 2.93. The summed E-state index contributed by atoms with van der Waals surface area (Å²) in [5.41, 5.74) is 0. The van der Waals surface area contributed by atoms with E-state index in [2.05, 4.69) is 10.3 Å². The van der Waals surface area contributed by atoms with Gasteiger partial charge in [-0.05, 0) is 32.6 Å². The number of anilines is 1. The topological polar surface area (TPSA) is 82.6 Å². The minimum absolute atomic E-state index is 0.0761. The Balaban J connectivity index is 1.74. The molecule has 2 amide bonds. The van der Waals surface area contributed by atoms with Crippen LogP contribution in [0.15, 0.2) is 6.20 Å². The van der Waals surface area contributed by atoms with Gasteiger partial charge in [0.1, 0.15) is 0 Å². The van der Waals surface area contributed by atoms with Gasteiger partial charge in [0.05, 0.1) is 6.26 Å².